The number of halogens is 2. The molecule has 0 amide bonds. The fourth-order valence-electron chi connectivity index (χ4n) is 6.70. The predicted octanol–water partition coefficient (Wildman–Crippen LogP) is 5.81. The Morgan fingerprint density at radius 1 is 1.10 bits per heavy atom. The Hall–Kier alpha value is -3.38. The first kappa shape index (κ1) is 28.7. The molecule has 3 aliphatic carbocycles. The number of aromatic nitrogens is 4. The third-order valence-corrected chi connectivity index (χ3v) is 11.1. The third-order valence-electron chi connectivity index (χ3n) is 8.77. The number of hydrogen-bond acceptors (Lipinski definition) is 8. The number of aryl methyl sites for hydroxylation is 1. The van der Waals surface area contributed by atoms with Crippen LogP contribution in [0.25, 0.3) is 22.4 Å². The van der Waals surface area contributed by atoms with Crippen LogP contribution in [0.1, 0.15) is 36.9 Å². The smallest absolute Gasteiger partial charge is 0.309 e. The quantitative estimate of drug-likeness (QED) is 0.146. The van der Waals surface area contributed by atoms with Crippen LogP contribution in [0, 0.1) is 42.2 Å². The molecule has 3 aromatic heterocycles. The summed E-state index contributed by atoms with van der Waals surface area (Å²) in [5.41, 5.74) is 1.24. The minimum Gasteiger partial charge on any atom is -0.469 e. The Labute approximate surface area is 247 Å². The SMILES string of the molecule is COC(=O)[C@H]1C2CCC(CC2)[C@@H]1Cc1nc(-c2cn(S(=O)(=O)c3ccc(C)cc3)c3ncc(F)cc23)nc(SC)c1F. The van der Waals surface area contributed by atoms with Gasteiger partial charge in [-0.25, -0.2) is 36.1 Å². The van der Waals surface area contributed by atoms with Crippen molar-refractivity contribution < 1.29 is 26.7 Å². The molecule has 7 rings (SSSR count). The average Bonchev–Trinajstić information content (AvgIpc) is 3.38. The molecule has 4 aromatic rings. The van der Waals surface area contributed by atoms with Gasteiger partial charge in [0.25, 0.3) is 10.0 Å². The molecule has 42 heavy (non-hydrogen) atoms. The predicted molar refractivity (Wildman–Crippen MR) is 154 cm³/mol. The number of nitrogens with zero attached hydrogens (tertiary/aromatic N) is 4. The van der Waals surface area contributed by atoms with Crippen LogP contribution in [-0.2, 0) is 26.0 Å². The number of thioether (sulfide) groups is 1. The van der Waals surface area contributed by atoms with Gasteiger partial charge in [-0.2, -0.15) is 0 Å². The van der Waals surface area contributed by atoms with Gasteiger partial charge in [-0.3, -0.25) is 4.79 Å². The molecule has 8 nitrogen and oxygen atoms in total. The second-order valence-corrected chi connectivity index (χ2v) is 13.7. The average molecular weight is 613 g/mol. The van der Waals surface area contributed by atoms with E-state index in [9.17, 15) is 17.6 Å². The molecule has 3 heterocycles. The molecule has 2 bridgehead atoms. The van der Waals surface area contributed by atoms with Crippen LogP contribution in [0.3, 0.4) is 0 Å². The number of benzene rings is 1. The second kappa shape index (κ2) is 11.0. The third kappa shape index (κ3) is 4.88. The maximum atomic E-state index is 15.8. The van der Waals surface area contributed by atoms with Gasteiger partial charge in [-0.1, -0.05) is 17.7 Å². The minimum absolute atomic E-state index is 0.00231. The van der Waals surface area contributed by atoms with Crippen molar-refractivity contribution in [3.8, 4) is 11.4 Å². The van der Waals surface area contributed by atoms with E-state index in [1.165, 1.54) is 31.5 Å². The first-order valence-electron chi connectivity index (χ1n) is 13.8. The lowest BCUT2D eigenvalue weighted by molar-refractivity contribution is -0.156. The van der Waals surface area contributed by atoms with Crippen molar-refractivity contribution in [3.05, 3.63) is 65.6 Å². The van der Waals surface area contributed by atoms with Gasteiger partial charge in [0.05, 0.1) is 29.8 Å². The van der Waals surface area contributed by atoms with Crippen LogP contribution < -0.4 is 0 Å². The molecule has 3 fully saturated rings. The lowest BCUT2D eigenvalue weighted by atomic mass is 9.57. The number of carbonyl (C=O) groups is 1. The number of ether oxygens (including phenoxy) is 1. The molecule has 0 saturated heterocycles. The maximum absolute atomic E-state index is 15.8. The Morgan fingerprint density at radius 2 is 1.79 bits per heavy atom. The number of pyridine rings is 1. The van der Waals surface area contributed by atoms with Gasteiger partial charge in [-0.05, 0) is 81.2 Å². The van der Waals surface area contributed by atoms with Gasteiger partial charge in [-0.15, -0.1) is 11.8 Å². The van der Waals surface area contributed by atoms with Crippen molar-refractivity contribution in [2.75, 3.05) is 13.4 Å². The van der Waals surface area contributed by atoms with Gasteiger partial charge < -0.3 is 4.74 Å². The highest BCUT2D eigenvalue weighted by Crippen LogP contribution is 2.50. The van der Waals surface area contributed by atoms with Crippen molar-refractivity contribution in [3.63, 3.8) is 0 Å². The van der Waals surface area contributed by atoms with Gasteiger partial charge in [0, 0.05) is 17.1 Å². The molecule has 0 spiro atoms. The molecule has 12 heteroatoms. The van der Waals surface area contributed by atoms with E-state index in [2.05, 4.69) is 15.0 Å². The minimum atomic E-state index is -4.12. The molecule has 0 unspecified atom stereocenters. The Bertz CT molecular complexity index is 1790. The first-order valence-corrected chi connectivity index (χ1v) is 16.5. The zero-order valence-electron chi connectivity index (χ0n) is 23.4. The Kier molecular flexibility index (Phi) is 7.55. The summed E-state index contributed by atoms with van der Waals surface area (Å²) in [4.78, 5) is 26.0. The van der Waals surface area contributed by atoms with E-state index in [1.807, 2.05) is 6.92 Å². The molecule has 2 atom stereocenters. The Balaban J connectivity index is 1.49. The maximum Gasteiger partial charge on any atom is 0.309 e. The summed E-state index contributed by atoms with van der Waals surface area (Å²) < 4.78 is 63.7. The van der Waals surface area contributed by atoms with Gasteiger partial charge in [0.1, 0.15) is 10.8 Å². The number of hydrogen-bond donors (Lipinski definition) is 0. The zero-order chi connectivity index (χ0) is 29.8. The topological polar surface area (TPSA) is 104 Å². The molecule has 3 aliphatic rings. The van der Waals surface area contributed by atoms with E-state index in [4.69, 9.17) is 4.74 Å². The Morgan fingerprint density at radius 3 is 2.45 bits per heavy atom. The summed E-state index contributed by atoms with van der Waals surface area (Å²) in [6, 6.07) is 7.54. The lowest BCUT2D eigenvalue weighted by Crippen LogP contribution is -2.45. The summed E-state index contributed by atoms with van der Waals surface area (Å²) in [5, 5.41) is 0.261. The normalized spacial score (nSPS) is 22.0. The van der Waals surface area contributed by atoms with E-state index >= 15 is 4.39 Å². The van der Waals surface area contributed by atoms with Crippen molar-refractivity contribution >= 4 is 38.8 Å². The molecular weight excluding hydrogens is 582 g/mol. The highest BCUT2D eigenvalue weighted by atomic mass is 32.2. The highest BCUT2D eigenvalue weighted by molar-refractivity contribution is 7.98. The van der Waals surface area contributed by atoms with Crippen molar-refractivity contribution in [2.45, 2.75) is 48.9 Å². The van der Waals surface area contributed by atoms with E-state index in [-0.39, 0.29) is 74.1 Å². The van der Waals surface area contributed by atoms with E-state index in [0.717, 1.165) is 53.2 Å². The largest absolute Gasteiger partial charge is 0.469 e. The molecule has 0 N–H and O–H groups in total. The van der Waals surface area contributed by atoms with E-state index in [0.29, 0.717) is 0 Å². The monoisotopic (exact) mass is 612 g/mol. The zero-order valence-corrected chi connectivity index (χ0v) is 25.0. The summed E-state index contributed by atoms with van der Waals surface area (Å²) in [7, 11) is -2.74. The van der Waals surface area contributed by atoms with Crippen molar-refractivity contribution in [2.24, 2.45) is 23.7 Å². The number of carbonyl (C=O) groups excluding carboxylic acids is 1. The molecule has 220 valence electrons. The van der Waals surface area contributed by atoms with Crippen LogP contribution in [0.15, 0.2) is 52.6 Å². The van der Waals surface area contributed by atoms with Crippen LogP contribution in [0.4, 0.5) is 8.78 Å². The number of rotatable bonds is 7. The summed E-state index contributed by atoms with van der Waals surface area (Å²) in [6.07, 6.45) is 7.98. The molecule has 1 aromatic carbocycles. The summed E-state index contributed by atoms with van der Waals surface area (Å²) in [6.45, 7) is 1.85. The van der Waals surface area contributed by atoms with Crippen LogP contribution in [-0.4, -0.2) is 46.7 Å². The molecule has 0 aliphatic heterocycles. The first-order chi connectivity index (χ1) is 20.1. The number of fused-ring (bicyclic) bond motifs is 4. The fraction of sp³-hybridized carbons (Fsp3) is 0.400. The molecular formula is C30H30F2N4O4S2. The fourth-order valence-corrected chi connectivity index (χ4v) is 8.50. The van der Waals surface area contributed by atoms with Gasteiger partial charge in [0.2, 0.25) is 0 Å². The van der Waals surface area contributed by atoms with Crippen LogP contribution >= 0.6 is 11.8 Å². The number of esters is 1. The highest BCUT2D eigenvalue weighted by Gasteiger charge is 2.48. The van der Waals surface area contributed by atoms with Crippen molar-refractivity contribution in [1.29, 1.82) is 0 Å². The van der Waals surface area contributed by atoms with Crippen LogP contribution in [0.2, 0.25) is 0 Å². The summed E-state index contributed by atoms with van der Waals surface area (Å²) in [5.74, 6) is -1.50. The van der Waals surface area contributed by atoms with Crippen molar-refractivity contribution in [1.82, 2.24) is 18.9 Å². The lowest BCUT2D eigenvalue weighted by Gasteiger charge is -2.47. The standard InChI is InChI=1S/C30H30F2N4O4S2/c1-16-4-10-20(11-5-16)42(38,39)36-15-23(22-12-19(31)14-33-28(22)36)27-34-24(26(32)29(35-27)41-3)13-21-17-6-8-18(9-7-17)25(21)30(37)40-2/h4-5,10-12,14-15,17-18,21,25H,6-9,13H2,1-3H3/t17?,18?,21-,25-/m0/s1. The molecule has 3 saturated carbocycles. The molecule has 0 radical (unpaired) electrons. The van der Waals surface area contributed by atoms with Gasteiger partial charge in [0.15, 0.2) is 17.3 Å². The van der Waals surface area contributed by atoms with E-state index in [1.54, 1.807) is 18.4 Å². The van der Waals surface area contributed by atoms with Gasteiger partial charge >= 0.3 is 5.97 Å². The van der Waals surface area contributed by atoms with E-state index < -0.39 is 21.7 Å². The second-order valence-electron chi connectivity index (χ2n) is 11.1. The summed E-state index contributed by atoms with van der Waals surface area (Å²) >= 11 is 1.09. The van der Waals surface area contributed by atoms with Crippen LogP contribution in [0.5, 0.6) is 0 Å². The number of methoxy groups -OCH3 is 1.